The molecule has 0 amide bonds. The van der Waals surface area contributed by atoms with Gasteiger partial charge in [-0.2, -0.15) is 5.10 Å². The summed E-state index contributed by atoms with van der Waals surface area (Å²) in [5, 5.41) is 7.07. The van der Waals surface area contributed by atoms with Gasteiger partial charge >= 0.3 is 0 Å². The second kappa shape index (κ2) is 6.40. The quantitative estimate of drug-likeness (QED) is 0.709. The SMILES string of the molecule is COc1cccc(CNn2c(-c3ccncc3)n[nH]c2=S)c1. The lowest BCUT2D eigenvalue weighted by atomic mass is 10.2. The zero-order valence-electron chi connectivity index (χ0n) is 12.0. The summed E-state index contributed by atoms with van der Waals surface area (Å²) in [5.74, 6) is 1.54. The Morgan fingerprint density at radius 3 is 2.86 bits per heavy atom. The molecule has 0 bridgehead atoms. The fourth-order valence-electron chi connectivity index (χ4n) is 2.09. The van der Waals surface area contributed by atoms with Crippen LogP contribution in [0.3, 0.4) is 0 Å². The number of H-pyrrole nitrogens is 1. The van der Waals surface area contributed by atoms with Gasteiger partial charge in [-0.15, -0.1) is 0 Å². The van der Waals surface area contributed by atoms with Crippen LogP contribution in [0.25, 0.3) is 11.4 Å². The zero-order valence-corrected chi connectivity index (χ0v) is 12.8. The molecule has 112 valence electrons. The molecule has 22 heavy (non-hydrogen) atoms. The van der Waals surface area contributed by atoms with Crippen LogP contribution in [0.2, 0.25) is 0 Å². The van der Waals surface area contributed by atoms with Gasteiger partial charge in [0.2, 0.25) is 4.77 Å². The lowest BCUT2D eigenvalue weighted by molar-refractivity contribution is 0.414. The average molecular weight is 313 g/mol. The normalized spacial score (nSPS) is 10.4. The number of nitrogens with zero attached hydrogens (tertiary/aromatic N) is 3. The minimum Gasteiger partial charge on any atom is -0.497 e. The molecule has 0 radical (unpaired) electrons. The molecule has 0 aliphatic carbocycles. The van der Waals surface area contributed by atoms with Gasteiger partial charge in [-0.1, -0.05) is 12.1 Å². The largest absolute Gasteiger partial charge is 0.497 e. The Morgan fingerprint density at radius 2 is 2.09 bits per heavy atom. The van der Waals surface area contributed by atoms with Gasteiger partial charge in [0.05, 0.1) is 13.7 Å². The highest BCUT2D eigenvalue weighted by atomic mass is 32.1. The van der Waals surface area contributed by atoms with Gasteiger partial charge in [0.25, 0.3) is 0 Å². The van der Waals surface area contributed by atoms with Crippen molar-refractivity contribution in [3.8, 4) is 17.1 Å². The van der Waals surface area contributed by atoms with Gasteiger partial charge in [-0.05, 0) is 42.0 Å². The Kier molecular flexibility index (Phi) is 4.15. The van der Waals surface area contributed by atoms with Crippen molar-refractivity contribution in [1.29, 1.82) is 0 Å². The van der Waals surface area contributed by atoms with Gasteiger partial charge in [0, 0.05) is 18.0 Å². The topological polar surface area (TPSA) is 67.8 Å². The Morgan fingerprint density at radius 1 is 1.27 bits per heavy atom. The number of aromatic nitrogens is 4. The van der Waals surface area contributed by atoms with Gasteiger partial charge in [0.15, 0.2) is 5.82 Å². The smallest absolute Gasteiger partial charge is 0.214 e. The number of rotatable bonds is 5. The molecule has 0 saturated heterocycles. The first kappa shape index (κ1) is 14.3. The Hall–Kier alpha value is -2.67. The van der Waals surface area contributed by atoms with Crippen molar-refractivity contribution in [2.45, 2.75) is 6.54 Å². The van der Waals surface area contributed by atoms with E-state index in [-0.39, 0.29) is 0 Å². The number of methoxy groups -OCH3 is 1. The van der Waals surface area contributed by atoms with E-state index >= 15 is 0 Å². The molecule has 0 aliphatic heterocycles. The van der Waals surface area contributed by atoms with E-state index in [1.165, 1.54) is 0 Å². The fraction of sp³-hybridized carbons (Fsp3) is 0.133. The van der Waals surface area contributed by atoms with Crippen LogP contribution in [0, 0.1) is 4.77 Å². The van der Waals surface area contributed by atoms with Crippen molar-refractivity contribution in [3.63, 3.8) is 0 Å². The first-order valence-electron chi connectivity index (χ1n) is 6.72. The Bertz CT molecular complexity index is 812. The summed E-state index contributed by atoms with van der Waals surface area (Å²) >= 11 is 5.28. The third kappa shape index (κ3) is 2.99. The molecule has 0 saturated carbocycles. The van der Waals surface area contributed by atoms with E-state index in [0.29, 0.717) is 11.3 Å². The summed E-state index contributed by atoms with van der Waals surface area (Å²) in [6.45, 7) is 0.600. The highest BCUT2D eigenvalue weighted by Gasteiger charge is 2.08. The molecule has 3 aromatic rings. The van der Waals surface area contributed by atoms with Crippen LogP contribution in [0.4, 0.5) is 0 Å². The molecule has 3 rings (SSSR count). The Labute approximate surface area is 132 Å². The number of aromatic amines is 1. The highest BCUT2D eigenvalue weighted by molar-refractivity contribution is 7.71. The molecule has 2 N–H and O–H groups in total. The van der Waals surface area contributed by atoms with Crippen molar-refractivity contribution in [2.75, 3.05) is 12.5 Å². The molecular weight excluding hydrogens is 298 g/mol. The molecule has 0 atom stereocenters. The number of pyridine rings is 1. The molecule has 1 aromatic carbocycles. The monoisotopic (exact) mass is 313 g/mol. The molecule has 0 aliphatic rings. The Balaban J connectivity index is 1.84. The predicted molar refractivity (Wildman–Crippen MR) is 86.7 cm³/mol. The van der Waals surface area contributed by atoms with Crippen molar-refractivity contribution in [3.05, 3.63) is 59.1 Å². The number of benzene rings is 1. The van der Waals surface area contributed by atoms with Crippen molar-refractivity contribution >= 4 is 12.2 Å². The molecule has 0 fully saturated rings. The third-order valence-electron chi connectivity index (χ3n) is 3.19. The minimum absolute atomic E-state index is 0.509. The molecule has 0 unspecified atom stereocenters. The highest BCUT2D eigenvalue weighted by Crippen LogP contribution is 2.16. The van der Waals surface area contributed by atoms with Crippen LogP contribution >= 0.6 is 12.2 Å². The summed E-state index contributed by atoms with van der Waals surface area (Å²) in [7, 11) is 1.65. The number of hydrogen-bond acceptors (Lipinski definition) is 5. The van der Waals surface area contributed by atoms with Gasteiger partial charge in [0.1, 0.15) is 5.75 Å². The molecule has 2 aromatic heterocycles. The summed E-state index contributed by atoms with van der Waals surface area (Å²) in [4.78, 5) is 4.01. The third-order valence-corrected chi connectivity index (χ3v) is 3.46. The van der Waals surface area contributed by atoms with E-state index in [2.05, 4.69) is 20.6 Å². The van der Waals surface area contributed by atoms with Crippen molar-refractivity contribution < 1.29 is 4.74 Å². The standard InChI is InChI=1S/C15H15N5OS/c1-21-13-4-2-3-11(9-13)10-17-20-14(18-19-15(20)22)12-5-7-16-8-6-12/h2-9,17H,10H2,1H3,(H,19,22). The van der Waals surface area contributed by atoms with Crippen LogP contribution < -0.4 is 10.2 Å². The molecule has 6 nitrogen and oxygen atoms in total. The molecule has 2 heterocycles. The zero-order chi connectivity index (χ0) is 15.4. The molecule has 7 heteroatoms. The van der Waals surface area contributed by atoms with E-state index in [1.807, 2.05) is 36.4 Å². The predicted octanol–water partition coefficient (Wildman–Crippen LogP) is 2.75. The molecule has 0 spiro atoms. The van der Waals surface area contributed by atoms with Crippen LogP contribution in [-0.4, -0.2) is 27.0 Å². The van der Waals surface area contributed by atoms with E-state index in [9.17, 15) is 0 Å². The van der Waals surface area contributed by atoms with Crippen LogP contribution in [0.5, 0.6) is 5.75 Å². The van der Waals surface area contributed by atoms with Crippen molar-refractivity contribution in [2.24, 2.45) is 0 Å². The van der Waals surface area contributed by atoms with Crippen LogP contribution in [0.15, 0.2) is 48.8 Å². The second-order valence-corrected chi connectivity index (χ2v) is 5.00. The minimum atomic E-state index is 0.509. The maximum Gasteiger partial charge on any atom is 0.214 e. The van der Waals surface area contributed by atoms with Crippen LogP contribution in [-0.2, 0) is 6.54 Å². The second-order valence-electron chi connectivity index (χ2n) is 4.61. The summed E-state index contributed by atoms with van der Waals surface area (Å²) < 4.78 is 7.49. The van der Waals surface area contributed by atoms with Crippen molar-refractivity contribution in [1.82, 2.24) is 19.9 Å². The van der Waals surface area contributed by atoms with E-state index < -0.39 is 0 Å². The first-order chi connectivity index (χ1) is 10.8. The summed E-state index contributed by atoms with van der Waals surface area (Å²) in [6, 6.07) is 11.6. The summed E-state index contributed by atoms with van der Waals surface area (Å²) in [5.41, 5.74) is 5.29. The molecular formula is C15H15N5OS. The van der Waals surface area contributed by atoms with E-state index in [0.717, 1.165) is 22.7 Å². The number of hydrogen-bond donors (Lipinski definition) is 2. The van der Waals surface area contributed by atoms with Gasteiger partial charge in [-0.25, -0.2) is 9.77 Å². The van der Waals surface area contributed by atoms with Gasteiger partial charge in [-0.3, -0.25) is 4.98 Å². The maximum atomic E-state index is 5.28. The fourth-order valence-corrected chi connectivity index (χ4v) is 2.29. The lowest BCUT2D eigenvalue weighted by Crippen LogP contribution is -2.15. The number of ether oxygens (including phenoxy) is 1. The van der Waals surface area contributed by atoms with Gasteiger partial charge < -0.3 is 10.2 Å². The van der Waals surface area contributed by atoms with E-state index in [1.54, 1.807) is 24.2 Å². The average Bonchev–Trinajstić information content (AvgIpc) is 2.95. The number of nitrogens with one attached hydrogen (secondary N) is 2. The van der Waals surface area contributed by atoms with Crippen LogP contribution in [0.1, 0.15) is 5.56 Å². The first-order valence-corrected chi connectivity index (χ1v) is 7.13. The van der Waals surface area contributed by atoms with E-state index in [4.69, 9.17) is 17.0 Å². The lowest BCUT2D eigenvalue weighted by Gasteiger charge is -2.10. The summed E-state index contributed by atoms with van der Waals surface area (Å²) in [6.07, 6.45) is 3.44. The maximum absolute atomic E-state index is 5.28.